The first-order valence-corrected chi connectivity index (χ1v) is 16.9. The van der Waals surface area contributed by atoms with Crippen molar-refractivity contribution in [2.45, 2.75) is 161 Å². The van der Waals surface area contributed by atoms with Gasteiger partial charge in [-0.3, -0.25) is 4.79 Å². The number of halogens is 1. The highest BCUT2D eigenvalue weighted by Crippen LogP contribution is 2.66. The van der Waals surface area contributed by atoms with Crippen molar-refractivity contribution in [3.8, 4) is 0 Å². The molecular formula is C34H57FO3. The van der Waals surface area contributed by atoms with Gasteiger partial charge in [0.05, 0.1) is 23.0 Å². The minimum absolute atomic E-state index is 0.343. The summed E-state index contributed by atoms with van der Waals surface area (Å²) in [5, 5.41) is 0. The Morgan fingerprint density at radius 2 is 0.947 bits per heavy atom. The van der Waals surface area contributed by atoms with E-state index in [1.54, 1.807) is 0 Å². The van der Waals surface area contributed by atoms with Crippen LogP contribution in [0.5, 0.6) is 0 Å². The fourth-order valence-corrected chi connectivity index (χ4v) is 9.63. The number of hydrogen-bond donors (Lipinski definition) is 0. The summed E-state index contributed by atoms with van der Waals surface area (Å²) in [5.74, 6) is 3.28. The highest BCUT2D eigenvalue weighted by Gasteiger charge is 2.71. The quantitative estimate of drug-likeness (QED) is 0.263. The van der Waals surface area contributed by atoms with E-state index in [0.29, 0.717) is 29.8 Å². The van der Waals surface area contributed by atoms with Gasteiger partial charge in [-0.1, -0.05) is 26.7 Å². The highest BCUT2D eigenvalue weighted by atomic mass is 19.1. The Morgan fingerprint density at radius 1 is 0.605 bits per heavy atom. The second-order valence-corrected chi connectivity index (χ2v) is 14.2. The standard InChI is InChI=1S/C34H57FO3/c1-3-5-23-37-29-11-7-25(8-12-29)27-15-19-33(20-16-27)31(35)34(32(33)36)21-17-28(18-22-34)26-9-13-30(14-10-26)38-24-6-4-2/h25-31H,3-24H2,1-2H3. The van der Waals surface area contributed by atoms with Crippen LogP contribution in [0.4, 0.5) is 4.39 Å². The Hall–Kier alpha value is -0.480. The number of alkyl halides is 1. The topological polar surface area (TPSA) is 35.5 Å². The number of Topliss-reactive ketones (excluding diaryl/α,β-unsaturated/α-hetero) is 1. The maximum Gasteiger partial charge on any atom is 0.151 e. The van der Waals surface area contributed by atoms with Crippen molar-refractivity contribution in [2.75, 3.05) is 13.2 Å². The zero-order valence-corrected chi connectivity index (χ0v) is 24.7. The van der Waals surface area contributed by atoms with E-state index in [9.17, 15) is 4.79 Å². The summed E-state index contributed by atoms with van der Waals surface area (Å²) in [6.45, 7) is 6.26. The van der Waals surface area contributed by atoms with Crippen LogP contribution in [0.2, 0.25) is 0 Å². The molecular weight excluding hydrogens is 475 g/mol. The second kappa shape index (κ2) is 13.0. The van der Waals surface area contributed by atoms with Gasteiger partial charge in [0.1, 0.15) is 6.17 Å². The minimum Gasteiger partial charge on any atom is -0.378 e. The molecule has 0 aromatic carbocycles. The van der Waals surface area contributed by atoms with Crippen LogP contribution in [0.25, 0.3) is 0 Å². The lowest BCUT2D eigenvalue weighted by Crippen LogP contribution is -2.69. The van der Waals surface area contributed by atoms with Gasteiger partial charge in [0.25, 0.3) is 0 Å². The average molecular weight is 533 g/mol. The van der Waals surface area contributed by atoms with Crippen LogP contribution in [-0.2, 0) is 14.3 Å². The van der Waals surface area contributed by atoms with Crippen LogP contribution in [-0.4, -0.2) is 37.4 Å². The maximum atomic E-state index is 16.1. The molecule has 0 unspecified atom stereocenters. The minimum atomic E-state index is -0.880. The average Bonchev–Trinajstić information content (AvgIpc) is 2.98. The molecule has 0 aromatic heterocycles. The van der Waals surface area contributed by atoms with Crippen LogP contribution in [0.3, 0.4) is 0 Å². The third kappa shape index (κ3) is 5.79. The molecule has 0 amide bonds. The molecule has 0 radical (unpaired) electrons. The summed E-state index contributed by atoms with van der Waals surface area (Å²) in [5.41, 5.74) is -1.23. The third-order valence-corrected chi connectivity index (χ3v) is 12.2. The van der Waals surface area contributed by atoms with E-state index < -0.39 is 17.0 Å². The van der Waals surface area contributed by atoms with E-state index in [0.717, 1.165) is 76.4 Å². The molecule has 0 N–H and O–H groups in total. The van der Waals surface area contributed by atoms with Crippen LogP contribution in [0, 0.1) is 34.5 Å². The Bertz CT molecular complexity index is 675. The predicted molar refractivity (Wildman–Crippen MR) is 152 cm³/mol. The summed E-state index contributed by atoms with van der Waals surface area (Å²) in [4.78, 5) is 13.8. The Labute approximate surface area is 232 Å². The number of carbonyl (C=O) groups is 1. The summed E-state index contributed by atoms with van der Waals surface area (Å²) in [6, 6.07) is 0. The number of hydrogen-bond acceptors (Lipinski definition) is 3. The molecule has 218 valence electrons. The molecule has 4 heteroatoms. The van der Waals surface area contributed by atoms with Gasteiger partial charge in [-0.15, -0.1) is 0 Å². The van der Waals surface area contributed by atoms with E-state index in [-0.39, 0.29) is 0 Å². The van der Waals surface area contributed by atoms with Crippen molar-refractivity contribution in [1.82, 2.24) is 0 Å². The smallest absolute Gasteiger partial charge is 0.151 e. The number of unbranched alkanes of at least 4 members (excludes halogenated alkanes) is 2. The van der Waals surface area contributed by atoms with Crippen LogP contribution >= 0.6 is 0 Å². The van der Waals surface area contributed by atoms with Gasteiger partial charge in [0, 0.05) is 13.2 Å². The van der Waals surface area contributed by atoms with Crippen molar-refractivity contribution in [2.24, 2.45) is 34.5 Å². The first-order chi connectivity index (χ1) is 18.5. The molecule has 5 rings (SSSR count). The molecule has 5 aliphatic rings. The van der Waals surface area contributed by atoms with Gasteiger partial charge < -0.3 is 9.47 Å². The summed E-state index contributed by atoms with van der Waals surface area (Å²) in [7, 11) is 0. The summed E-state index contributed by atoms with van der Waals surface area (Å²) < 4.78 is 28.3. The molecule has 0 heterocycles. The van der Waals surface area contributed by atoms with Gasteiger partial charge in [-0.05, 0) is 139 Å². The van der Waals surface area contributed by atoms with E-state index >= 15 is 4.39 Å². The normalized spacial score (nSPS) is 43.9. The van der Waals surface area contributed by atoms with Crippen molar-refractivity contribution in [1.29, 1.82) is 0 Å². The Balaban J connectivity index is 1.04. The van der Waals surface area contributed by atoms with E-state index in [4.69, 9.17) is 9.47 Å². The lowest BCUT2D eigenvalue weighted by Gasteiger charge is -2.62. The van der Waals surface area contributed by atoms with Gasteiger partial charge in [0.2, 0.25) is 0 Å². The molecule has 0 aromatic rings. The van der Waals surface area contributed by atoms with Gasteiger partial charge in [-0.2, -0.15) is 0 Å². The van der Waals surface area contributed by atoms with Crippen molar-refractivity contribution < 1.29 is 18.7 Å². The number of ketones is 1. The lowest BCUT2D eigenvalue weighted by atomic mass is 9.41. The monoisotopic (exact) mass is 532 g/mol. The molecule has 0 atom stereocenters. The van der Waals surface area contributed by atoms with Crippen molar-refractivity contribution >= 4 is 5.78 Å². The highest BCUT2D eigenvalue weighted by molar-refractivity contribution is 5.98. The zero-order chi connectivity index (χ0) is 26.6. The Morgan fingerprint density at radius 3 is 1.26 bits per heavy atom. The Kier molecular flexibility index (Phi) is 9.94. The zero-order valence-electron chi connectivity index (χ0n) is 24.7. The van der Waals surface area contributed by atoms with Crippen molar-refractivity contribution in [3.63, 3.8) is 0 Å². The van der Waals surface area contributed by atoms with Crippen LogP contribution < -0.4 is 0 Å². The van der Waals surface area contributed by atoms with E-state index in [1.165, 1.54) is 77.0 Å². The number of rotatable bonds is 10. The summed E-state index contributed by atoms with van der Waals surface area (Å²) >= 11 is 0. The molecule has 0 saturated heterocycles. The van der Waals surface area contributed by atoms with Gasteiger partial charge in [0.15, 0.2) is 5.78 Å². The first kappa shape index (κ1) is 29.0. The molecule has 2 spiro atoms. The van der Waals surface area contributed by atoms with Crippen molar-refractivity contribution in [3.05, 3.63) is 0 Å². The maximum absolute atomic E-state index is 16.1. The van der Waals surface area contributed by atoms with E-state index in [1.807, 2.05) is 0 Å². The number of carbonyl (C=O) groups excluding carboxylic acids is 1. The fraction of sp³-hybridized carbons (Fsp3) is 0.971. The molecule has 0 bridgehead atoms. The van der Waals surface area contributed by atoms with E-state index in [2.05, 4.69) is 13.8 Å². The molecule has 38 heavy (non-hydrogen) atoms. The van der Waals surface area contributed by atoms with Crippen LogP contribution in [0.15, 0.2) is 0 Å². The molecule has 0 aliphatic heterocycles. The fourth-order valence-electron chi connectivity index (χ4n) is 9.63. The molecule has 3 nitrogen and oxygen atoms in total. The lowest BCUT2D eigenvalue weighted by molar-refractivity contribution is -0.195. The third-order valence-electron chi connectivity index (χ3n) is 12.2. The molecule has 5 saturated carbocycles. The summed E-state index contributed by atoms with van der Waals surface area (Å²) in [6.07, 6.45) is 22.1. The predicted octanol–water partition coefficient (Wildman–Crippen LogP) is 9.01. The number of ether oxygens (including phenoxy) is 2. The SMILES string of the molecule is CCCCOC1CCC(C2CCC3(CC2)C(=O)C2(CCC(C4CCC(OCCCC)CC4)CC2)C3F)CC1. The van der Waals surface area contributed by atoms with Gasteiger partial charge in [-0.25, -0.2) is 4.39 Å². The van der Waals surface area contributed by atoms with Gasteiger partial charge >= 0.3 is 0 Å². The molecule has 5 fully saturated rings. The van der Waals surface area contributed by atoms with Crippen LogP contribution in [0.1, 0.15) is 142 Å². The second-order valence-electron chi connectivity index (χ2n) is 14.2. The first-order valence-electron chi connectivity index (χ1n) is 16.9. The molecule has 5 aliphatic carbocycles. The largest absolute Gasteiger partial charge is 0.378 e.